The van der Waals surface area contributed by atoms with E-state index in [-0.39, 0.29) is 18.0 Å². The molecule has 1 saturated heterocycles. The van der Waals surface area contributed by atoms with E-state index in [0.717, 1.165) is 5.56 Å². The van der Waals surface area contributed by atoms with Gasteiger partial charge in [-0.25, -0.2) is 4.39 Å². The zero-order chi connectivity index (χ0) is 12.3. The molecule has 0 aliphatic carbocycles. The Morgan fingerprint density at radius 3 is 3.00 bits per heavy atom. The number of aryl methyl sites for hydroxylation is 1. The maximum Gasteiger partial charge on any atom is 0.168 e. The van der Waals surface area contributed by atoms with E-state index in [1.54, 1.807) is 6.07 Å². The van der Waals surface area contributed by atoms with E-state index in [1.165, 1.54) is 12.1 Å². The Labute approximate surface area is 99.5 Å². The number of Topliss-reactive ketones (excluding diaryl/α,β-unsaturated/α-hetero) is 1. The summed E-state index contributed by atoms with van der Waals surface area (Å²) in [5, 5.41) is 0. The van der Waals surface area contributed by atoms with Crippen LogP contribution in [0, 0.1) is 12.7 Å². The van der Waals surface area contributed by atoms with Crippen molar-refractivity contribution in [1.82, 2.24) is 0 Å². The lowest BCUT2D eigenvalue weighted by Gasteiger charge is -2.22. The van der Waals surface area contributed by atoms with Crippen molar-refractivity contribution in [3.8, 4) is 0 Å². The molecule has 92 valence electrons. The van der Waals surface area contributed by atoms with Crippen molar-refractivity contribution in [2.24, 2.45) is 0 Å². The van der Waals surface area contributed by atoms with Gasteiger partial charge in [0.05, 0.1) is 19.8 Å². The van der Waals surface area contributed by atoms with E-state index >= 15 is 0 Å². The maximum absolute atomic E-state index is 13.1. The summed E-state index contributed by atoms with van der Waals surface area (Å²) in [5.74, 6) is -0.377. The minimum absolute atomic E-state index is 0.0570. The summed E-state index contributed by atoms with van der Waals surface area (Å²) in [5.41, 5.74) is 1.63. The molecule has 1 aliphatic rings. The van der Waals surface area contributed by atoms with Gasteiger partial charge in [0.25, 0.3) is 0 Å². The Hall–Kier alpha value is -1.26. The molecule has 0 amide bonds. The summed E-state index contributed by atoms with van der Waals surface area (Å²) >= 11 is 0. The highest BCUT2D eigenvalue weighted by atomic mass is 19.1. The van der Waals surface area contributed by atoms with Crippen molar-refractivity contribution in [2.75, 3.05) is 19.8 Å². The number of carbonyl (C=O) groups excluding carboxylic acids is 1. The average molecular weight is 238 g/mol. The van der Waals surface area contributed by atoms with Crippen molar-refractivity contribution in [1.29, 1.82) is 0 Å². The Bertz CT molecular complexity index is 411. The van der Waals surface area contributed by atoms with Crippen molar-refractivity contribution in [3.63, 3.8) is 0 Å². The van der Waals surface area contributed by atoms with Crippen molar-refractivity contribution in [3.05, 3.63) is 35.1 Å². The van der Waals surface area contributed by atoms with Crippen molar-refractivity contribution < 1.29 is 18.7 Å². The molecule has 1 unspecified atom stereocenters. The quantitative estimate of drug-likeness (QED) is 0.803. The highest BCUT2D eigenvalue weighted by Gasteiger charge is 2.23. The number of benzene rings is 1. The van der Waals surface area contributed by atoms with Crippen LogP contribution in [0.3, 0.4) is 0 Å². The number of ether oxygens (including phenoxy) is 2. The fourth-order valence-corrected chi connectivity index (χ4v) is 1.81. The van der Waals surface area contributed by atoms with Crippen LogP contribution in [-0.2, 0) is 20.7 Å². The Morgan fingerprint density at radius 1 is 1.47 bits per heavy atom. The summed E-state index contributed by atoms with van der Waals surface area (Å²) in [7, 11) is 0. The molecule has 1 aromatic rings. The second-order valence-electron chi connectivity index (χ2n) is 4.15. The summed E-state index contributed by atoms with van der Waals surface area (Å²) in [6, 6.07) is 4.47. The maximum atomic E-state index is 13.1. The van der Waals surface area contributed by atoms with Crippen LogP contribution in [0.15, 0.2) is 18.2 Å². The zero-order valence-corrected chi connectivity index (χ0v) is 9.74. The molecule has 0 radical (unpaired) electrons. The molecular formula is C13H15FO3. The van der Waals surface area contributed by atoms with Gasteiger partial charge in [0.2, 0.25) is 0 Å². The van der Waals surface area contributed by atoms with Gasteiger partial charge in [0.15, 0.2) is 5.78 Å². The molecule has 1 fully saturated rings. The monoisotopic (exact) mass is 238 g/mol. The topological polar surface area (TPSA) is 35.5 Å². The molecule has 4 heteroatoms. The molecule has 0 N–H and O–H groups in total. The van der Waals surface area contributed by atoms with E-state index < -0.39 is 6.10 Å². The van der Waals surface area contributed by atoms with E-state index in [0.29, 0.717) is 25.4 Å². The number of rotatable bonds is 3. The predicted octanol–water partition coefficient (Wildman–Crippen LogP) is 1.66. The van der Waals surface area contributed by atoms with Gasteiger partial charge in [-0.1, -0.05) is 6.07 Å². The molecule has 2 rings (SSSR count). The number of hydrogen-bond donors (Lipinski definition) is 0. The van der Waals surface area contributed by atoms with Crippen LogP contribution < -0.4 is 0 Å². The Kier molecular flexibility index (Phi) is 3.86. The summed E-state index contributed by atoms with van der Waals surface area (Å²) < 4.78 is 23.6. The molecule has 1 aromatic carbocycles. The minimum atomic E-state index is -0.508. The second kappa shape index (κ2) is 5.38. The van der Waals surface area contributed by atoms with Crippen LogP contribution in [0.25, 0.3) is 0 Å². The minimum Gasteiger partial charge on any atom is -0.376 e. The largest absolute Gasteiger partial charge is 0.376 e. The second-order valence-corrected chi connectivity index (χ2v) is 4.15. The van der Waals surface area contributed by atoms with E-state index in [1.807, 2.05) is 6.92 Å². The fourth-order valence-electron chi connectivity index (χ4n) is 1.81. The van der Waals surface area contributed by atoms with Gasteiger partial charge in [-0.15, -0.1) is 0 Å². The first-order valence-electron chi connectivity index (χ1n) is 5.64. The predicted molar refractivity (Wildman–Crippen MR) is 60.4 cm³/mol. The number of ketones is 1. The van der Waals surface area contributed by atoms with Crippen LogP contribution >= 0.6 is 0 Å². The van der Waals surface area contributed by atoms with E-state index in [4.69, 9.17) is 9.47 Å². The van der Waals surface area contributed by atoms with Crippen LogP contribution in [0.1, 0.15) is 11.1 Å². The first kappa shape index (κ1) is 12.2. The summed E-state index contributed by atoms with van der Waals surface area (Å²) in [6.45, 7) is 3.13. The average Bonchev–Trinajstić information content (AvgIpc) is 2.35. The van der Waals surface area contributed by atoms with Gasteiger partial charge in [0.1, 0.15) is 11.9 Å². The standard InChI is InChI=1S/C13H15FO3/c1-9-2-3-11(14)6-10(9)7-12(15)13-8-16-4-5-17-13/h2-3,6,13H,4-5,7-8H2,1H3. The molecular weight excluding hydrogens is 223 g/mol. The highest BCUT2D eigenvalue weighted by molar-refractivity contribution is 5.85. The molecule has 0 spiro atoms. The molecule has 0 aromatic heterocycles. The normalized spacial score (nSPS) is 20.2. The van der Waals surface area contributed by atoms with E-state index in [9.17, 15) is 9.18 Å². The van der Waals surface area contributed by atoms with Crippen LogP contribution in [-0.4, -0.2) is 31.7 Å². The number of hydrogen-bond acceptors (Lipinski definition) is 3. The van der Waals surface area contributed by atoms with Crippen LogP contribution in [0.4, 0.5) is 4.39 Å². The lowest BCUT2D eigenvalue weighted by atomic mass is 10.0. The van der Waals surface area contributed by atoms with Crippen molar-refractivity contribution >= 4 is 5.78 Å². The first-order valence-corrected chi connectivity index (χ1v) is 5.64. The molecule has 0 bridgehead atoms. The zero-order valence-electron chi connectivity index (χ0n) is 9.74. The molecule has 1 atom stereocenters. The third-order valence-corrected chi connectivity index (χ3v) is 2.85. The fraction of sp³-hybridized carbons (Fsp3) is 0.462. The summed E-state index contributed by atoms with van der Waals surface area (Å²) in [4.78, 5) is 11.9. The van der Waals surface area contributed by atoms with Gasteiger partial charge < -0.3 is 9.47 Å². The molecule has 17 heavy (non-hydrogen) atoms. The Morgan fingerprint density at radius 2 is 2.29 bits per heavy atom. The molecule has 1 aliphatic heterocycles. The van der Waals surface area contributed by atoms with Gasteiger partial charge in [0, 0.05) is 6.42 Å². The van der Waals surface area contributed by atoms with E-state index in [2.05, 4.69) is 0 Å². The SMILES string of the molecule is Cc1ccc(F)cc1CC(=O)C1COCCO1. The van der Waals surface area contributed by atoms with Crippen molar-refractivity contribution in [2.45, 2.75) is 19.4 Å². The third kappa shape index (κ3) is 3.11. The summed E-state index contributed by atoms with van der Waals surface area (Å²) in [6.07, 6.45) is -0.316. The van der Waals surface area contributed by atoms with Crippen LogP contribution in [0.2, 0.25) is 0 Å². The smallest absolute Gasteiger partial charge is 0.168 e. The van der Waals surface area contributed by atoms with Crippen LogP contribution in [0.5, 0.6) is 0 Å². The Balaban J connectivity index is 2.04. The van der Waals surface area contributed by atoms with Gasteiger partial charge in [-0.2, -0.15) is 0 Å². The third-order valence-electron chi connectivity index (χ3n) is 2.85. The van der Waals surface area contributed by atoms with Gasteiger partial charge >= 0.3 is 0 Å². The van der Waals surface area contributed by atoms with Gasteiger partial charge in [-0.3, -0.25) is 4.79 Å². The molecule has 1 heterocycles. The van der Waals surface area contributed by atoms with Gasteiger partial charge in [-0.05, 0) is 30.2 Å². The number of halogens is 1. The number of carbonyl (C=O) groups is 1. The molecule has 0 saturated carbocycles. The first-order chi connectivity index (χ1) is 8.16. The lowest BCUT2D eigenvalue weighted by Crippen LogP contribution is -2.36. The lowest BCUT2D eigenvalue weighted by molar-refractivity contribution is -0.144. The highest BCUT2D eigenvalue weighted by Crippen LogP contribution is 2.13. The molecule has 3 nitrogen and oxygen atoms in total.